The zero-order valence-electron chi connectivity index (χ0n) is 15.9. The van der Waals surface area contributed by atoms with Crippen molar-refractivity contribution in [3.8, 4) is 5.75 Å². The fraction of sp³-hybridized carbons (Fsp3) is 0. The molecule has 0 heterocycles. The van der Waals surface area contributed by atoms with Crippen LogP contribution in [0.2, 0.25) is 0 Å². The number of hydrogen-bond donors (Lipinski definition) is 4. The van der Waals surface area contributed by atoms with Crippen molar-refractivity contribution in [2.45, 2.75) is 0 Å². The third kappa shape index (κ3) is 4.71. The lowest BCUT2D eigenvalue weighted by Gasteiger charge is -2.13. The molecule has 0 fully saturated rings. The molecule has 0 saturated carbocycles. The maximum Gasteiger partial charge on any atom is 0.259 e. The number of amides is 3. The van der Waals surface area contributed by atoms with Crippen LogP contribution in [-0.4, -0.2) is 22.8 Å². The largest absolute Gasteiger partial charge is 0.507 e. The molecule has 7 nitrogen and oxygen atoms in total. The maximum absolute atomic E-state index is 12.8. The summed E-state index contributed by atoms with van der Waals surface area (Å²) in [5, 5.41) is 19.7. The van der Waals surface area contributed by atoms with Crippen LogP contribution in [0.15, 0.2) is 79.9 Å². The van der Waals surface area contributed by atoms with Crippen molar-refractivity contribution < 1.29 is 19.5 Å². The molecule has 150 valence electrons. The molecule has 4 N–H and O–H groups in total. The monoisotopic (exact) mass is 401 g/mol. The fourth-order valence-corrected chi connectivity index (χ4v) is 2.84. The smallest absolute Gasteiger partial charge is 0.259 e. The second-order valence-electron chi connectivity index (χ2n) is 6.36. The normalized spacial score (nSPS) is 10.1. The highest BCUT2D eigenvalue weighted by molar-refractivity contribution is 6.09. The number of benzene rings is 3. The Morgan fingerprint density at radius 3 is 1.70 bits per heavy atom. The average molecular weight is 401 g/mol. The van der Waals surface area contributed by atoms with Gasteiger partial charge in [-0.05, 0) is 53.3 Å². The van der Waals surface area contributed by atoms with Gasteiger partial charge in [-0.1, -0.05) is 37.4 Å². The van der Waals surface area contributed by atoms with Crippen LogP contribution in [0.1, 0.15) is 10.4 Å². The lowest BCUT2D eigenvalue weighted by molar-refractivity contribution is -0.112. The number of phenolic OH excluding ortho intramolecular Hbond substituents is 1. The number of aromatic hydroxyl groups is 1. The lowest BCUT2D eigenvalue weighted by Crippen LogP contribution is -2.14. The number of fused-ring (bicyclic) bond motifs is 1. The first-order chi connectivity index (χ1) is 14.4. The molecule has 3 aromatic carbocycles. The quantitative estimate of drug-likeness (QED) is 0.468. The molecule has 0 radical (unpaired) electrons. The van der Waals surface area contributed by atoms with Crippen molar-refractivity contribution in [1.82, 2.24) is 0 Å². The Bertz CT molecular complexity index is 1140. The van der Waals surface area contributed by atoms with E-state index in [1.807, 2.05) is 24.3 Å². The van der Waals surface area contributed by atoms with Gasteiger partial charge in [0, 0.05) is 17.1 Å². The minimum Gasteiger partial charge on any atom is -0.507 e. The van der Waals surface area contributed by atoms with Crippen molar-refractivity contribution in [1.29, 1.82) is 0 Å². The first kappa shape index (κ1) is 20.3. The second-order valence-corrected chi connectivity index (χ2v) is 6.36. The van der Waals surface area contributed by atoms with Gasteiger partial charge in [-0.3, -0.25) is 14.4 Å². The minimum absolute atomic E-state index is 0.0888. The molecule has 0 aliphatic heterocycles. The number of carbonyl (C=O) groups excluding carboxylic acids is 3. The number of nitrogens with one attached hydrogen (secondary N) is 3. The van der Waals surface area contributed by atoms with E-state index >= 15 is 0 Å². The predicted molar refractivity (Wildman–Crippen MR) is 118 cm³/mol. The zero-order chi connectivity index (χ0) is 21.7. The van der Waals surface area contributed by atoms with Crippen LogP contribution >= 0.6 is 0 Å². The first-order valence-corrected chi connectivity index (χ1v) is 8.94. The van der Waals surface area contributed by atoms with Gasteiger partial charge in [0.25, 0.3) is 5.91 Å². The average Bonchev–Trinajstić information content (AvgIpc) is 2.72. The zero-order valence-corrected chi connectivity index (χ0v) is 15.9. The summed E-state index contributed by atoms with van der Waals surface area (Å²) in [5.41, 5.74) is 1.05. The van der Waals surface area contributed by atoms with Crippen LogP contribution in [0.5, 0.6) is 5.75 Å². The second kappa shape index (κ2) is 8.74. The first-order valence-electron chi connectivity index (χ1n) is 8.94. The van der Waals surface area contributed by atoms with Crippen LogP contribution in [0, 0.1) is 0 Å². The van der Waals surface area contributed by atoms with Crippen molar-refractivity contribution in [3.63, 3.8) is 0 Å². The van der Waals surface area contributed by atoms with E-state index in [9.17, 15) is 19.5 Å². The van der Waals surface area contributed by atoms with Gasteiger partial charge in [0.15, 0.2) is 0 Å². The number of phenols is 1. The fourth-order valence-electron chi connectivity index (χ4n) is 2.84. The summed E-state index contributed by atoms with van der Waals surface area (Å²) in [4.78, 5) is 36.1. The van der Waals surface area contributed by atoms with Gasteiger partial charge in [0.1, 0.15) is 5.75 Å². The summed E-state index contributed by atoms with van der Waals surface area (Å²) < 4.78 is 0. The molecule has 7 heteroatoms. The number of anilines is 3. The molecule has 30 heavy (non-hydrogen) atoms. The SMILES string of the molecule is C=CC(=O)Nc1cc(NC(=O)C=C)cc(NC(=O)c2cc3ccccc3cc2O)c1. The molecule has 0 aromatic heterocycles. The van der Waals surface area contributed by atoms with E-state index in [1.54, 1.807) is 6.07 Å². The van der Waals surface area contributed by atoms with E-state index < -0.39 is 17.7 Å². The summed E-state index contributed by atoms with van der Waals surface area (Å²) in [5.74, 6) is -1.62. The van der Waals surface area contributed by atoms with Crippen LogP contribution in [0.25, 0.3) is 10.8 Å². The standard InChI is InChI=1S/C23H19N3O4/c1-3-21(28)24-16-11-17(25-22(29)4-2)13-18(12-16)26-23(30)19-9-14-7-5-6-8-15(14)10-20(19)27/h3-13,27H,1-2H2,(H,24,28)(H,25,29)(H,26,30). The van der Waals surface area contributed by atoms with Crippen LogP contribution in [-0.2, 0) is 9.59 Å². The molecular formula is C23H19N3O4. The van der Waals surface area contributed by atoms with E-state index in [4.69, 9.17) is 0 Å². The van der Waals surface area contributed by atoms with E-state index in [0.29, 0.717) is 17.1 Å². The molecule has 0 spiro atoms. The number of rotatable bonds is 6. The maximum atomic E-state index is 12.8. The number of carbonyl (C=O) groups is 3. The van der Waals surface area contributed by atoms with E-state index in [1.165, 1.54) is 24.3 Å². The van der Waals surface area contributed by atoms with Gasteiger partial charge >= 0.3 is 0 Å². The van der Waals surface area contributed by atoms with E-state index in [2.05, 4.69) is 29.1 Å². The van der Waals surface area contributed by atoms with Crippen molar-refractivity contribution >= 4 is 45.6 Å². The highest BCUT2D eigenvalue weighted by atomic mass is 16.3. The summed E-state index contributed by atoms with van der Waals surface area (Å²) in [6.45, 7) is 6.79. The van der Waals surface area contributed by atoms with Gasteiger partial charge in [0.05, 0.1) is 5.56 Å². The third-order valence-corrected chi connectivity index (χ3v) is 4.21. The third-order valence-electron chi connectivity index (χ3n) is 4.21. The van der Waals surface area contributed by atoms with Crippen LogP contribution < -0.4 is 16.0 Å². The Labute approximate surface area is 172 Å². The topological polar surface area (TPSA) is 108 Å². The molecule has 0 unspecified atom stereocenters. The molecule has 0 atom stereocenters. The molecule has 0 saturated heterocycles. The van der Waals surface area contributed by atoms with Gasteiger partial charge in [-0.15, -0.1) is 0 Å². The molecule has 0 aliphatic carbocycles. The summed E-state index contributed by atoms with van der Waals surface area (Å²) >= 11 is 0. The Kier molecular flexibility index (Phi) is 5.93. The summed E-state index contributed by atoms with van der Waals surface area (Å²) in [6, 6.07) is 15.0. The summed E-state index contributed by atoms with van der Waals surface area (Å²) in [6.07, 6.45) is 2.20. The molecule has 3 aromatic rings. The molecule has 3 rings (SSSR count). The van der Waals surface area contributed by atoms with Crippen LogP contribution in [0.4, 0.5) is 17.1 Å². The summed E-state index contributed by atoms with van der Waals surface area (Å²) in [7, 11) is 0. The Hall–Kier alpha value is -4.39. The molecule has 0 aliphatic rings. The van der Waals surface area contributed by atoms with Crippen molar-refractivity contribution in [3.05, 3.63) is 85.5 Å². The Balaban J connectivity index is 1.93. The molecule has 0 bridgehead atoms. The van der Waals surface area contributed by atoms with Gasteiger partial charge in [-0.25, -0.2) is 0 Å². The van der Waals surface area contributed by atoms with Gasteiger partial charge in [0.2, 0.25) is 11.8 Å². The van der Waals surface area contributed by atoms with Gasteiger partial charge in [-0.2, -0.15) is 0 Å². The Morgan fingerprint density at radius 1 is 0.733 bits per heavy atom. The molecule has 3 amide bonds. The minimum atomic E-state index is -0.550. The lowest BCUT2D eigenvalue weighted by atomic mass is 10.1. The van der Waals surface area contributed by atoms with Crippen LogP contribution in [0.3, 0.4) is 0 Å². The predicted octanol–water partition coefficient (Wildman–Crippen LogP) is 4.05. The highest BCUT2D eigenvalue weighted by Crippen LogP contribution is 2.28. The highest BCUT2D eigenvalue weighted by Gasteiger charge is 2.14. The Morgan fingerprint density at radius 2 is 1.20 bits per heavy atom. The van der Waals surface area contributed by atoms with Crippen molar-refractivity contribution in [2.24, 2.45) is 0 Å². The van der Waals surface area contributed by atoms with E-state index in [0.717, 1.165) is 22.9 Å². The van der Waals surface area contributed by atoms with Gasteiger partial charge < -0.3 is 21.1 Å². The van der Waals surface area contributed by atoms with E-state index in [-0.39, 0.29) is 11.3 Å². The molecular weight excluding hydrogens is 382 g/mol. The van der Waals surface area contributed by atoms with Crippen molar-refractivity contribution in [2.75, 3.05) is 16.0 Å². The number of hydrogen-bond acceptors (Lipinski definition) is 4.